The van der Waals surface area contributed by atoms with E-state index in [4.69, 9.17) is 8.94 Å². The van der Waals surface area contributed by atoms with Gasteiger partial charge < -0.3 is 19.4 Å². The lowest BCUT2D eigenvalue weighted by atomic mass is 9.97. The maximum atomic E-state index is 12.1. The van der Waals surface area contributed by atoms with E-state index >= 15 is 0 Å². The number of amides is 1. The number of hydrogen-bond acceptors (Lipinski definition) is 5. The first-order valence-corrected chi connectivity index (χ1v) is 7.17. The molecule has 6 nitrogen and oxygen atoms in total. The second kappa shape index (κ2) is 6.13. The summed E-state index contributed by atoms with van der Waals surface area (Å²) in [4.78, 5) is 12.1. The Morgan fingerprint density at radius 3 is 3.00 bits per heavy atom. The number of aromatic nitrogens is 1. The van der Waals surface area contributed by atoms with Gasteiger partial charge in [-0.25, -0.2) is 0 Å². The van der Waals surface area contributed by atoms with Gasteiger partial charge in [-0.2, -0.15) is 0 Å². The zero-order valence-corrected chi connectivity index (χ0v) is 11.6. The fourth-order valence-corrected chi connectivity index (χ4v) is 2.85. The second-order valence-corrected chi connectivity index (χ2v) is 5.40. The third kappa shape index (κ3) is 3.00. The van der Waals surface area contributed by atoms with E-state index in [1.54, 1.807) is 18.2 Å². The molecule has 21 heavy (non-hydrogen) atoms. The van der Waals surface area contributed by atoms with Crippen LogP contribution in [0.2, 0.25) is 0 Å². The molecule has 2 aromatic heterocycles. The molecule has 0 bridgehead atoms. The summed E-state index contributed by atoms with van der Waals surface area (Å²) >= 11 is 0. The van der Waals surface area contributed by atoms with E-state index in [1.165, 1.54) is 6.26 Å². The standard InChI is InChI=1S/C15H18N2O4/c18-9-11-4-1-3-10(11)8-16-15(19)12-7-14(21-17-12)13-5-2-6-20-13/h2,5-7,10-11,18H,1,3-4,8-9H2,(H,16,19). The molecular formula is C15H18N2O4. The van der Waals surface area contributed by atoms with Crippen LogP contribution < -0.4 is 5.32 Å². The van der Waals surface area contributed by atoms with Gasteiger partial charge in [-0.3, -0.25) is 4.79 Å². The van der Waals surface area contributed by atoms with Crippen molar-refractivity contribution in [3.8, 4) is 11.5 Å². The first kappa shape index (κ1) is 13.9. The molecule has 0 aromatic carbocycles. The number of nitrogens with zero attached hydrogens (tertiary/aromatic N) is 1. The van der Waals surface area contributed by atoms with Crippen LogP contribution in [0.15, 0.2) is 33.4 Å². The van der Waals surface area contributed by atoms with E-state index in [2.05, 4.69) is 10.5 Å². The van der Waals surface area contributed by atoms with Gasteiger partial charge in [0.1, 0.15) is 0 Å². The minimum atomic E-state index is -0.264. The van der Waals surface area contributed by atoms with Crippen LogP contribution in [0.25, 0.3) is 11.5 Å². The highest BCUT2D eigenvalue weighted by atomic mass is 16.5. The van der Waals surface area contributed by atoms with Gasteiger partial charge in [0.25, 0.3) is 5.91 Å². The van der Waals surface area contributed by atoms with E-state index in [-0.39, 0.29) is 18.2 Å². The van der Waals surface area contributed by atoms with Crippen LogP contribution in [0, 0.1) is 11.8 Å². The smallest absolute Gasteiger partial charge is 0.273 e. The van der Waals surface area contributed by atoms with Crippen LogP contribution in [0.5, 0.6) is 0 Å². The van der Waals surface area contributed by atoms with Crippen molar-refractivity contribution in [1.82, 2.24) is 10.5 Å². The molecule has 112 valence electrons. The van der Waals surface area contributed by atoms with Crippen molar-refractivity contribution in [3.05, 3.63) is 30.2 Å². The van der Waals surface area contributed by atoms with Crippen molar-refractivity contribution in [3.63, 3.8) is 0 Å². The Bertz CT molecular complexity index is 591. The highest BCUT2D eigenvalue weighted by Crippen LogP contribution is 2.30. The van der Waals surface area contributed by atoms with E-state index in [0.717, 1.165) is 19.3 Å². The Hall–Kier alpha value is -2.08. The lowest BCUT2D eigenvalue weighted by Gasteiger charge is -2.17. The Balaban J connectivity index is 1.58. The number of furan rings is 1. The van der Waals surface area contributed by atoms with Gasteiger partial charge in [-0.05, 0) is 36.8 Å². The van der Waals surface area contributed by atoms with E-state index in [9.17, 15) is 9.90 Å². The molecule has 0 aliphatic heterocycles. The number of hydrogen-bond donors (Lipinski definition) is 2. The molecule has 0 radical (unpaired) electrons. The lowest BCUT2D eigenvalue weighted by molar-refractivity contribution is 0.0929. The van der Waals surface area contributed by atoms with Crippen LogP contribution in [0.4, 0.5) is 0 Å². The number of aliphatic hydroxyl groups is 1. The van der Waals surface area contributed by atoms with Crippen LogP contribution in [-0.4, -0.2) is 29.3 Å². The third-order valence-electron chi connectivity index (χ3n) is 4.08. The van der Waals surface area contributed by atoms with Gasteiger partial charge in [0.2, 0.25) is 5.76 Å². The van der Waals surface area contributed by atoms with Gasteiger partial charge >= 0.3 is 0 Å². The number of aliphatic hydroxyl groups excluding tert-OH is 1. The van der Waals surface area contributed by atoms with Crippen LogP contribution >= 0.6 is 0 Å². The maximum Gasteiger partial charge on any atom is 0.273 e. The third-order valence-corrected chi connectivity index (χ3v) is 4.08. The monoisotopic (exact) mass is 290 g/mol. The largest absolute Gasteiger partial charge is 0.461 e. The number of carbonyl (C=O) groups is 1. The summed E-state index contributed by atoms with van der Waals surface area (Å²) in [5.74, 6) is 1.34. The first-order valence-electron chi connectivity index (χ1n) is 7.17. The summed E-state index contributed by atoms with van der Waals surface area (Å²) in [5.41, 5.74) is 0.236. The first-order chi connectivity index (χ1) is 10.3. The molecule has 1 aliphatic carbocycles. The van der Waals surface area contributed by atoms with Gasteiger partial charge in [0, 0.05) is 19.2 Å². The van der Waals surface area contributed by atoms with E-state index < -0.39 is 0 Å². The molecule has 2 unspecified atom stereocenters. The van der Waals surface area contributed by atoms with Gasteiger partial charge in [-0.15, -0.1) is 0 Å². The Morgan fingerprint density at radius 2 is 2.24 bits per heavy atom. The quantitative estimate of drug-likeness (QED) is 0.880. The highest BCUT2D eigenvalue weighted by Gasteiger charge is 2.27. The van der Waals surface area contributed by atoms with Crippen molar-refractivity contribution in [2.75, 3.05) is 13.2 Å². The SMILES string of the molecule is O=C(NCC1CCCC1CO)c1cc(-c2ccco2)on1. The summed E-state index contributed by atoms with van der Waals surface area (Å²) in [6.07, 6.45) is 4.72. The van der Waals surface area contributed by atoms with E-state index in [1.807, 2.05) is 0 Å². The molecule has 1 aliphatic rings. The summed E-state index contributed by atoms with van der Waals surface area (Å²) in [7, 11) is 0. The zero-order valence-electron chi connectivity index (χ0n) is 11.6. The fraction of sp³-hybridized carbons (Fsp3) is 0.467. The topological polar surface area (TPSA) is 88.5 Å². The Morgan fingerprint density at radius 1 is 1.38 bits per heavy atom. The number of rotatable bonds is 5. The molecule has 2 heterocycles. The summed E-state index contributed by atoms with van der Waals surface area (Å²) in [6.45, 7) is 0.750. The number of nitrogens with one attached hydrogen (secondary N) is 1. The van der Waals surface area contributed by atoms with Crippen molar-refractivity contribution in [2.24, 2.45) is 11.8 Å². The average molecular weight is 290 g/mol. The normalized spacial score (nSPS) is 21.6. The minimum Gasteiger partial charge on any atom is -0.461 e. The molecule has 1 saturated carbocycles. The zero-order chi connectivity index (χ0) is 14.7. The molecule has 2 aromatic rings. The molecule has 3 rings (SSSR count). The van der Waals surface area contributed by atoms with Crippen molar-refractivity contribution in [2.45, 2.75) is 19.3 Å². The van der Waals surface area contributed by atoms with Crippen molar-refractivity contribution >= 4 is 5.91 Å². The van der Waals surface area contributed by atoms with Crippen LogP contribution in [-0.2, 0) is 0 Å². The van der Waals surface area contributed by atoms with Crippen molar-refractivity contribution in [1.29, 1.82) is 0 Å². The van der Waals surface area contributed by atoms with Gasteiger partial charge in [0.05, 0.1) is 6.26 Å². The second-order valence-electron chi connectivity index (χ2n) is 5.40. The summed E-state index contributed by atoms with van der Waals surface area (Å²) in [6, 6.07) is 5.05. The van der Waals surface area contributed by atoms with Crippen LogP contribution in [0.1, 0.15) is 29.8 Å². The molecule has 6 heteroatoms. The summed E-state index contributed by atoms with van der Waals surface area (Å²) in [5, 5.41) is 15.9. The predicted octanol–water partition coefficient (Wildman–Crippen LogP) is 2.07. The Labute approximate surface area is 122 Å². The van der Waals surface area contributed by atoms with Gasteiger partial charge in [0.15, 0.2) is 11.5 Å². The molecule has 2 N–H and O–H groups in total. The Kier molecular flexibility index (Phi) is 4.06. The predicted molar refractivity (Wildman–Crippen MR) is 74.5 cm³/mol. The molecule has 0 spiro atoms. The number of carbonyl (C=O) groups excluding carboxylic acids is 1. The fourth-order valence-electron chi connectivity index (χ4n) is 2.85. The van der Waals surface area contributed by atoms with Crippen molar-refractivity contribution < 1.29 is 18.8 Å². The molecule has 2 atom stereocenters. The highest BCUT2D eigenvalue weighted by molar-refractivity contribution is 5.92. The van der Waals surface area contributed by atoms with Gasteiger partial charge in [-0.1, -0.05) is 11.6 Å². The minimum absolute atomic E-state index is 0.188. The lowest BCUT2D eigenvalue weighted by Crippen LogP contribution is -2.31. The molecular weight excluding hydrogens is 272 g/mol. The van der Waals surface area contributed by atoms with E-state index in [0.29, 0.717) is 29.9 Å². The average Bonchev–Trinajstić information content (AvgIpc) is 3.24. The van der Waals surface area contributed by atoms with Crippen LogP contribution in [0.3, 0.4) is 0 Å². The summed E-state index contributed by atoms with van der Waals surface area (Å²) < 4.78 is 10.3. The molecule has 1 amide bonds. The molecule has 0 saturated heterocycles. The maximum absolute atomic E-state index is 12.1. The molecule has 1 fully saturated rings.